The molecule has 1 amide bonds. The second-order valence-corrected chi connectivity index (χ2v) is 9.60. The van der Waals surface area contributed by atoms with Crippen molar-refractivity contribution in [2.45, 2.75) is 23.9 Å². The number of aromatic amines is 1. The number of aryl methyl sites for hydroxylation is 1. The fourth-order valence-corrected chi connectivity index (χ4v) is 5.37. The highest BCUT2D eigenvalue weighted by molar-refractivity contribution is 7.89. The van der Waals surface area contributed by atoms with Gasteiger partial charge in [0.2, 0.25) is 15.9 Å². The van der Waals surface area contributed by atoms with Gasteiger partial charge in [-0.25, -0.2) is 8.42 Å². The number of likely N-dealkylation sites (N-methyl/N-ethyl adjacent to an activating group) is 1. The zero-order chi connectivity index (χ0) is 22.0. The van der Waals surface area contributed by atoms with Crippen LogP contribution in [0.3, 0.4) is 0 Å². The molecule has 1 aliphatic rings. The number of fused-ring (bicyclic) bond motifs is 1. The largest absolute Gasteiger partial charge is 0.385 e. The molecule has 1 aromatic carbocycles. The molecule has 0 radical (unpaired) electrons. The van der Waals surface area contributed by atoms with Crippen molar-refractivity contribution in [1.82, 2.24) is 24.1 Å². The number of rotatable bonds is 7. The number of nitrogens with zero attached hydrogens (tertiary/aromatic N) is 3. The van der Waals surface area contributed by atoms with Crippen LogP contribution in [0.2, 0.25) is 0 Å². The Kier molecular flexibility index (Phi) is 6.03. The van der Waals surface area contributed by atoms with Crippen LogP contribution in [0.5, 0.6) is 0 Å². The summed E-state index contributed by atoms with van der Waals surface area (Å²) in [5, 5.41) is 0.593. The molecule has 4 N–H and O–H groups in total. The molecule has 1 fully saturated rings. The highest BCUT2D eigenvalue weighted by atomic mass is 32.2. The lowest BCUT2D eigenvalue weighted by molar-refractivity contribution is -0.134. The average Bonchev–Trinajstić information content (AvgIpc) is 3.39. The van der Waals surface area contributed by atoms with Crippen LogP contribution in [0, 0.1) is 0 Å². The minimum Gasteiger partial charge on any atom is -0.385 e. The second-order valence-electron chi connectivity index (χ2n) is 7.91. The van der Waals surface area contributed by atoms with Crippen molar-refractivity contribution in [1.29, 1.82) is 0 Å². The molecular weight excluding hydrogens is 416 g/mol. The molecule has 1 atom stereocenters. The molecule has 2 aromatic heterocycles. The Morgan fingerprint density at radius 3 is 2.65 bits per heavy atom. The summed E-state index contributed by atoms with van der Waals surface area (Å²) in [4.78, 5) is 20.4. The summed E-state index contributed by atoms with van der Waals surface area (Å²) in [7, 11) is -1.91. The summed E-state index contributed by atoms with van der Waals surface area (Å²) in [5.41, 5.74) is 6.68. The molecule has 0 spiro atoms. The summed E-state index contributed by atoms with van der Waals surface area (Å²) in [5.74, 6) is 0.370. The fourth-order valence-electron chi connectivity index (χ4n) is 3.92. The lowest BCUT2D eigenvalue weighted by atomic mass is 10.1. The number of amides is 1. The molecule has 1 saturated heterocycles. The van der Waals surface area contributed by atoms with Crippen LogP contribution in [0.1, 0.15) is 6.42 Å². The monoisotopic (exact) mass is 444 g/mol. The van der Waals surface area contributed by atoms with Crippen molar-refractivity contribution in [2.24, 2.45) is 0 Å². The van der Waals surface area contributed by atoms with Crippen LogP contribution in [0.4, 0.5) is 5.82 Å². The first kappa shape index (κ1) is 21.4. The SMILES string of the molecule is CN1CCN(C(=O)C(CCn2cccc2N)NS(=O)(=O)c2cccc3[nH]ccc23)CC1. The number of nitrogen functional groups attached to an aromatic ring is 1. The van der Waals surface area contributed by atoms with Crippen LogP contribution in [-0.4, -0.2) is 72.9 Å². The van der Waals surface area contributed by atoms with E-state index < -0.39 is 16.1 Å². The van der Waals surface area contributed by atoms with Gasteiger partial charge in [0.05, 0.1) is 4.90 Å². The minimum absolute atomic E-state index is 0.155. The number of aromatic nitrogens is 2. The van der Waals surface area contributed by atoms with Gasteiger partial charge in [-0.3, -0.25) is 4.79 Å². The third-order valence-corrected chi connectivity index (χ3v) is 7.31. The molecule has 0 saturated carbocycles. The molecule has 166 valence electrons. The third-order valence-electron chi connectivity index (χ3n) is 5.78. The number of anilines is 1. The molecular formula is C21H28N6O3S. The van der Waals surface area contributed by atoms with Gasteiger partial charge in [-0.05, 0) is 43.8 Å². The number of hydrogen-bond donors (Lipinski definition) is 3. The molecule has 4 rings (SSSR count). The van der Waals surface area contributed by atoms with E-state index >= 15 is 0 Å². The zero-order valence-electron chi connectivity index (χ0n) is 17.5. The standard InChI is InChI=1S/C21H28N6O3S/c1-25-12-14-27(15-13-25)21(28)18(8-11-26-10-3-6-20(26)22)24-31(29,30)19-5-2-4-17-16(19)7-9-23-17/h2-7,9-10,18,23-24H,8,11-15,22H2,1H3. The van der Waals surface area contributed by atoms with E-state index in [1.807, 2.05) is 29.9 Å². The maximum atomic E-state index is 13.3. The molecule has 0 bridgehead atoms. The topological polar surface area (TPSA) is 116 Å². The second kappa shape index (κ2) is 8.74. The summed E-state index contributed by atoms with van der Waals surface area (Å²) >= 11 is 0. The number of carbonyl (C=O) groups excluding carboxylic acids is 1. The van der Waals surface area contributed by atoms with Crippen molar-refractivity contribution in [3.63, 3.8) is 0 Å². The van der Waals surface area contributed by atoms with E-state index in [-0.39, 0.29) is 10.8 Å². The van der Waals surface area contributed by atoms with E-state index in [2.05, 4.69) is 14.6 Å². The number of sulfonamides is 1. The van der Waals surface area contributed by atoms with Gasteiger partial charge in [0.1, 0.15) is 11.9 Å². The number of H-pyrrole nitrogens is 1. The average molecular weight is 445 g/mol. The van der Waals surface area contributed by atoms with Gasteiger partial charge < -0.3 is 25.1 Å². The third kappa shape index (κ3) is 4.60. The molecule has 1 aliphatic heterocycles. The lowest BCUT2D eigenvalue weighted by Gasteiger charge is -2.34. The van der Waals surface area contributed by atoms with Crippen molar-refractivity contribution in [3.05, 3.63) is 48.8 Å². The number of carbonyl (C=O) groups is 1. The van der Waals surface area contributed by atoms with Crippen molar-refractivity contribution in [3.8, 4) is 0 Å². The van der Waals surface area contributed by atoms with E-state index in [1.165, 1.54) is 0 Å². The first-order chi connectivity index (χ1) is 14.8. The first-order valence-electron chi connectivity index (χ1n) is 10.3. The van der Waals surface area contributed by atoms with Crippen molar-refractivity contribution in [2.75, 3.05) is 39.0 Å². The Morgan fingerprint density at radius 2 is 1.94 bits per heavy atom. The van der Waals surface area contributed by atoms with Crippen LogP contribution >= 0.6 is 0 Å². The van der Waals surface area contributed by atoms with Gasteiger partial charge in [-0.2, -0.15) is 4.72 Å². The molecule has 0 aliphatic carbocycles. The predicted molar refractivity (Wildman–Crippen MR) is 120 cm³/mol. The van der Waals surface area contributed by atoms with E-state index in [0.29, 0.717) is 37.3 Å². The molecule has 3 aromatic rings. The summed E-state index contributed by atoms with van der Waals surface area (Å²) in [6, 6.07) is 9.49. The summed E-state index contributed by atoms with van der Waals surface area (Å²) in [6.45, 7) is 3.11. The lowest BCUT2D eigenvalue weighted by Crippen LogP contribution is -2.54. The number of benzene rings is 1. The van der Waals surface area contributed by atoms with Crippen LogP contribution in [0.15, 0.2) is 53.7 Å². The van der Waals surface area contributed by atoms with Gasteiger partial charge in [-0.15, -0.1) is 0 Å². The Bertz CT molecular complexity index is 1160. The summed E-state index contributed by atoms with van der Waals surface area (Å²) in [6.07, 6.45) is 3.82. The smallest absolute Gasteiger partial charge is 0.241 e. The molecule has 1 unspecified atom stereocenters. The van der Waals surface area contributed by atoms with Gasteiger partial charge in [0, 0.05) is 56.0 Å². The van der Waals surface area contributed by atoms with E-state index in [0.717, 1.165) is 18.6 Å². The Morgan fingerprint density at radius 1 is 1.16 bits per heavy atom. The van der Waals surface area contributed by atoms with Gasteiger partial charge in [0.15, 0.2) is 0 Å². The Hall–Kier alpha value is -2.82. The maximum Gasteiger partial charge on any atom is 0.241 e. The highest BCUT2D eigenvalue weighted by Gasteiger charge is 2.31. The molecule has 3 heterocycles. The summed E-state index contributed by atoms with van der Waals surface area (Å²) < 4.78 is 31.1. The molecule has 31 heavy (non-hydrogen) atoms. The van der Waals surface area contributed by atoms with Gasteiger partial charge >= 0.3 is 0 Å². The minimum atomic E-state index is -3.92. The molecule has 10 heteroatoms. The van der Waals surface area contributed by atoms with Crippen molar-refractivity contribution >= 4 is 32.7 Å². The van der Waals surface area contributed by atoms with Crippen LogP contribution < -0.4 is 10.5 Å². The maximum absolute atomic E-state index is 13.3. The van der Waals surface area contributed by atoms with E-state index in [1.54, 1.807) is 35.4 Å². The predicted octanol–water partition coefficient (Wildman–Crippen LogP) is 1.06. The Labute approximate surface area is 181 Å². The van der Waals surface area contributed by atoms with Crippen LogP contribution in [-0.2, 0) is 21.4 Å². The quantitative estimate of drug-likeness (QED) is 0.504. The van der Waals surface area contributed by atoms with Crippen molar-refractivity contribution < 1.29 is 13.2 Å². The van der Waals surface area contributed by atoms with Gasteiger partial charge in [-0.1, -0.05) is 6.07 Å². The fraction of sp³-hybridized carbons (Fsp3) is 0.381. The number of nitrogens with one attached hydrogen (secondary N) is 2. The van der Waals surface area contributed by atoms with E-state index in [9.17, 15) is 13.2 Å². The number of piperazine rings is 1. The normalized spacial score (nSPS) is 16.6. The highest BCUT2D eigenvalue weighted by Crippen LogP contribution is 2.23. The molecule has 9 nitrogen and oxygen atoms in total. The van der Waals surface area contributed by atoms with Crippen LogP contribution in [0.25, 0.3) is 10.9 Å². The number of nitrogens with two attached hydrogens (primary N) is 1. The van der Waals surface area contributed by atoms with Gasteiger partial charge in [0.25, 0.3) is 0 Å². The number of hydrogen-bond acceptors (Lipinski definition) is 5. The first-order valence-corrected chi connectivity index (χ1v) is 11.8. The van der Waals surface area contributed by atoms with E-state index in [4.69, 9.17) is 5.73 Å². The Balaban J connectivity index is 1.59. The zero-order valence-corrected chi connectivity index (χ0v) is 18.3.